The van der Waals surface area contributed by atoms with E-state index in [-0.39, 0.29) is 0 Å². The normalized spacial score (nSPS) is 18.7. The second-order valence-electron chi connectivity index (χ2n) is 8.97. The molecule has 0 unspecified atom stereocenters. The molecule has 0 radical (unpaired) electrons. The highest BCUT2D eigenvalue weighted by Gasteiger charge is 2.36. The van der Waals surface area contributed by atoms with Gasteiger partial charge in [0.05, 0.1) is 0 Å². The monoisotopic (exact) mass is 410 g/mol. The Hall–Kier alpha value is -3.34. The summed E-state index contributed by atoms with van der Waals surface area (Å²) in [6, 6.07) is 17.3. The van der Waals surface area contributed by atoms with Gasteiger partial charge in [-0.1, -0.05) is 30.3 Å². The van der Waals surface area contributed by atoms with Crippen molar-refractivity contribution in [2.75, 3.05) is 13.1 Å². The lowest BCUT2D eigenvalue weighted by atomic mass is 10.0. The number of hydrogen-bond donors (Lipinski definition) is 1. The molecule has 6 rings (SSSR count). The molecule has 1 N–H and O–H groups in total. The highest BCUT2D eigenvalue weighted by molar-refractivity contribution is 5.85. The van der Waals surface area contributed by atoms with Gasteiger partial charge >= 0.3 is 0 Å². The largest absolute Gasteiger partial charge is 0.361 e. The van der Waals surface area contributed by atoms with Crippen LogP contribution in [0.3, 0.4) is 0 Å². The number of amides is 1. The minimum atomic E-state index is 0.319. The zero-order valence-electron chi connectivity index (χ0n) is 17.5. The van der Waals surface area contributed by atoms with E-state index in [9.17, 15) is 4.79 Å². The van der Waals surface area contributed by atoms with E-state index in [1.807, 2.05) is 12.4 Å². The number of benzene rings is 2. The molecular weight excluding hydrogens is 384 g/mol. The standard InChI is InChI=1S/C26H26N4O/c31-26(21-5-6-21)30-13-10-18(17-30)16-29-14-12-28-25(29)20-3-1-19(2-4-20)22-7-8-24-23(15-22)9-11-27-24/h1-4,7-9,11-12,14-15,18,21,27H,5-6,10,13,16-17H2/t18-/m1/s1. The summed E-state index contributed by atoms with van der Waals surface area (Å²) in [6.07, 6.45) is 9.17. The molecule has 4 aromatic rings. The van der Waals surface area contributed by atoms with Crippen LogP contribution in [0.25, 0.3) is 33.4 Å². The maximum absolute atomic E-state index is 12.4. The fraction of sp³-hybridized carbons (Fsp3) is 0.308. The Morgan fingerprint density at radius 1 is 1.00 bits per heavy atom. The molecule has 1 aliphatic carbocycles. The van der Waals surface area contributed by atoms with Crippen LogP contribution >= 0.6 is 0 Å². The number of carbonyl (C=O) groups excluding carboxylic acids is 1. The number of imidazole rings is 1. The molecule has 1 amide bonds. The highest BCUT2D eigenvalue weighted by Crippen LogP contribution is 2.33. The van der Waals surface area contributed by atoms with Crippen LogP contribution in [0.15, 0.2) is 67.1 Å². The van der Waals surface area contributed by atoms with E-state index in [4.69, 9.17) is 0 Å². The molecular formula is C26H26N4O. The van der Waals surface area contributed by atoms with Crippen molar-refractivity contribution in [2.24, 2.45) is 11.8 Å². The van der Waals surface area contributed by atoms with Gasteiger partial charge < -0.3 is 14.5 Å². The summed E-state index contributed by atoms with van der Waals surface area (Å²) in [5, 5.41) is 1.22. The average molecular weight is 411 g/mol. The van der Waals surface area contributed by atoms with Crippen LogP contribution in [-0.4, -0.2) is 38.4 Å². The van der Waals surface area contributed by atoms with Crippen molar-refractivity contribution in [1.82, 2.24) is 19.4 Å². The van der Waals surface area contributed by atoms with Crippen LogP contribution in [-0.2, 0) is 11.3 Å². The summed E-state index contributed by atoms with van der Waals surface area (Å²) in [5.74, 6) is 2.20. The maximum Gasteiger partial charge on any atom is 0.225 e. The number of aromatic nitrogens is 3. The molecule has 31 heavy (non-hydrogen) atoms. The van der Waals surface area contributed by atoms with E-state index in [0.29, 0.717) is 17.7 Å². The number of carbonyl (C=O) groups is 1. The lowest BCUT2D eigenvalue weighted by molar-refractivity contribution is -0.131. The Bertz CT molecular complexity index is 1230. The Labute approximate surface area is 181 Å². The lowest BCUT2D eigenvalue weighted by Crippen LogP contribution is -2.30. The summed E-state index contributed by atoms with van der Waals surface area (Å²) in [6.45, 7) is 2.70. The van der Waals surface area contributed by atoms with Crippen molar-refractivity contribution >= 4 is 16.8 Å². The first-order chi connectivity index (χ1) is 15.2. The number of fused-ring (bicyclic) bond motifs is 1. The molecule has 1 saturated carbocycles. The van der Waals surface area contributed by atoms with Gasteiger partial charge in [-0.3, -0.25) is 4.79 Å². The summed E-state index contributed by atoms with van der Waals surface area (Å²) in [4.78, 5) is 22.3. The minimum absolute atomic E-state index is 0.319. The lowest BCUT2D eigenvalue weighted by Gasteiger charge is -2.17. The van der Waals surface area contributed by atoms with Crippen LogP contribution in [0.4, 0.5) is 0 Å². The zero-order chi connectivity index (χ0) is 20.8. The number of aromatic amines is 1. The third kappa shape index (κ3) is 3.54. The Kier molecular flexibility index (Phi) is 4.41. The molecule has 5 heteroatoms. The predicted octanol–water partition coefficient (Wildman–Crippen LogP) is 4.96. The Morgan fingerprint density at radius 3 is 2.65 bits per heavy atom. The topological polar surface area (TPSA) is 53.9 Å². The van der Waals surface area contributed by atoms with Crippen LogP contribution in [0, 0.1) is 11.8 Å². The van der Waals surface area contributed by atoms with Gasteiger partial charge in [-0.15, -0.1) is 0 Å². The van der Waals surface area contributed by atoms with Crippen LogP contribution < -0.4 is 0 Å². The molecule has 156 valence electrons. The van der Waals surface area contributed by atoms with Gasteiger partial charge in [0.15, 0.2) is 0 Å². The molecule has 0 bridgehead atoms. The minimum Gasteiger partial charge on any atom is -0.361 e. The fourth-order valence-electron chi connectivity index (χ4n) is 4.81. The number of nitrogens with one attached hydrogen (secondary N) is 1. The van der Waals surface area contributed by atoms with Crippen molar-refractivity contribution in [3.05, 3.63) is 67.1 Å². The van der Waals surface area contributed by atoms with Crippen LogP contribution in [0.5, 0.6) is 0 Å². The first-order valence-corrected chi connectivity index (χ1v) is 11.2. The number of hydrogen-bond acceptors (Lipinski definition) is 2. The first-order valence-electron chi connectivity index (χ1n) is 11.2. The first kappa shape index (κ1) is 18.4. The molecule has 1 saturated heterocycles. The quantitative estimate of drug-likeness (QED) is 0.506. The molecule has 1 aliphatic heterocycles. The third-order valence-corrected chi connectivity index (χ3v) is 6.72. The van der Waals surface area contributed by atoms with Gasteiger partial charge in [-0.25, -0.2) is 4.98 Å². The molecule has 2 aromatic carbocycles. The molecule has 2 aromatic heterocycles. The molecule has 5 nitrogen and oxygen atoms in total. The molecule has 1 atom stereocenters. The molecule has 2 aliphatic rings. The van der Waals surface area contributed by atoms with E-state index >= 15 is 0 Å². The van der Waals surface area contributed by atoms with Gasteiger partial charge in [0, 0.05) is 55.2 Å². The summed E-state index contributed by atoms with van der Waals surface area (Å²) in [7, 11) is 0. The zero-order valence-corrected chi connectivity index (χ0v) is 17.5. The van der Waals surface area contributed by atoms with Gasteiger partial charge in [-0.05, 0) is 59.9 Å². The van der Waals surface area contributed by atoms with Crippen molar-refractivity contribution in [2.45, 2.75) is 25.8 Å². The van der Waals surface area contributed by atoms with E-state index in [1.165, 1.54) is 16.5 Å². The Balaban J connectivity index is 1.18. The summed E-state index contributed by atoms with van der Waals surface area (Å²) in [5.41, 5.74) is 4.70. The second-order valence-corrected chi connectivity index (χ2v) is 8.97. The van der Waals surface area contributed by atoms with E-state index in [0.717, 1.165) is 55.8 Å². The molecule has 2 fully saturated rings. The predicted molar refractivity (Wildman–Crippen MR) is 122 cm³/mol. The number of likely N-dealkylation sites (tertiary alicyclic amines) is 1. The highest BCUT2D eigenvalue weighted by atomic mass is 16.2. The van der Waals surface area contributed by atoms with Gasteiger partial charge in [0.25, 0.3) is 0 Å². The van der Waals surface area contributed by atoms with Crippen molar-refractivity contribution < 1.29 is 4.79 Å². The van der Waals surface area contributed by atoms with Crippen molar-refractivity contribution in [3.63, 3.8) is 0 Å². The summed E-state index contributed by atoms with van der Waals surface area (Å²) < 4.78 is 2.25. The van der Waals surface area contributed by atoms with E-state index in [2.05, 4.69) is 74.2 Å². The van der Waals surface area contributed by atoms with Crippen LogP contribution in [0.1, 0.15) is 19.3 Å². The smallest absolute Gasteiger partial charge is 0.225 e. The fourth-order valence-corrected chi connectivity index (χ4v) is 4.81. The summed E-state index contributed by atoms with van der Waals surface area (Å²) >= 11 is 0. The van der Waals surface area contributed by atoms with Crippen molar-refractivity contribution in [1.29, 1.82) is 0 Å². The van der Waals surface area contributed by atoms with E-state index < -0.39 is 0 Å². The second kappa shape index (κ2) is 7.41. The van der Waals surface area contributed by atoms with Crippen LogP contribution in [0.2, 0.25) is 0 Å². The van der Waals surface area contributed by atoms with Gasteiger partial charge in [-0.2, -0.15) is 0 Å². The number of rotatable bonds is 5. The number of nitrogens with zero attached hydrogens (tertiary/aromatic N) is 3. The Morgan fingerprint density at radius 2 is 1.81 bits per heavy atom. The maximum atomic E-state index is 12.4. The number of H-pyrrole nitrogens is 1. The molecule has 0 spiro atoms. The van der Waals surface area contributed by atoms with E-state index in [1.54, 1.807) is 0 Å². The average Bonchev–Trinajstić information content (AvgIpc) is 3.17. The van der Waals surface area contributed by atoms with Gasteiger partial charge in [0.2, 0.25) is 5.91 Å². The van der Waals surface area contributed by atoms with Gasteiger partial charge in [0.1, 0.15) is 5.82 Å². The third-order valence-electron chi connectivity index (χ3n) is 6.72. The van der Waals surface area contributed by atoms with Crippen molar-refractivity contribution in [3.8, 4) is 22.5 Å². The molecule has 3 heterocycles. The SMILES string of the molecule is O=C(C1CC1)N1CC[C@H](Cn2ccnc2-c2ccc(-c3ccc4[nH]ccc4c3)cc2)C1.